The Hall–Kier alpha value is -1.28. The van der Waals surface area contributed by atoms with E-state index in [0.717, 1.165) is 31.4 Å². The third-order valence-electron chi connectivity index (χ3n) is 7.49. The van der Waals surface area contributed by atoms with E-state index >= 15 is 0 Å². The Morgan fingerprint density at radius 1 is 1.26 bits per heavy atom. The van der Waals surface area contributed by atoms with Crippen LogP contribution in [0.1, 0.15) is 56.1 Å². The first-order valence-corrected chi connectivity index (χ1v) is 9.05. The van der Waals surface area contributed by atoms with Crippen LogP contribution >= 0.6 is 0 Å². The van der Waals surface area contributed by atoms with Crippen LogP contribution in [0.15, 0.2) is 30.9 Å². The van der Waals surface area contributed by atoms with E-state index in [9.17, 15) is 5.11 Å². The highest BCUT2D eigenvalue weighted by atomic mass is 16.5. The highest BCUT2D eigenvalue weighted by molar-refractivity contribution is 5.41. The Kier molecular flexibility index (Phi) is 3.39. The second-order valence-corrected chi connectivity index (χ2v) is 8.10. The molecule has 0 aromatic heterocycles. The summed E-state index contributed by atoms with van der Waals surface area (Å²) >= 11 is 0. The van der Waals surface area contributed by atoms with Crippen molar-refractivity contribution in [1.82, 2.24) is 0 Å². The van der Waals surface area contributed by atoms with Gasteiger partial charge in [-0.1, -0.05) is 19.1 Å². The maximum atomic E-state index is 11.1. The number of hydrogen-bond donors (Lipinski definition) is 1. The van der Waals surface area contributed by atoms with Crippen molar-refractivity contribution in [3.8, 4) is 5.75 Å². The summed E-state index contributed by atoms with van der Waals surface area (Å²) in [7, 11) is 1.74. The molecule has 2 nitrogen and oxygen atoms in total. The second kappa shape index (κ2) is 5.11. The Bertz CT molecular complexity index is 637. The number of fused-ring (bicyclic) bond motifs is 5. The van der Waals surface area contributed by atoms with Gasteiger partial charge in [0.05, 0.1) is 12.7 Å². The van der Waals surface area contributed by atoms with Crippen LogP contribution in [0.4, 0.5) is 0 Å². The molecular weight excluding hydrogens is 284 g/mol. The van der Waals surface area contributed by atoms with Crippen LogP contribution in [0.5, 0.6) is 5.75 Å². The lowest BCUT2D eigenvalue weighted by Crippen LogP contribution is -2.49. The SMILES string of the molecule is C=C[C@@]1(O)CC[C@H]2[C@H]3CCc4cc(OC)ccc4[C@@H]3CC[C@]21C. The Morgan fingerprint density at radius 3 is 2.83 bits per heavy atom. The van der Waals surface area contributed by atoms with Gasteiger partial charge in [-0.3, -0.25) is 0 Å². The third kappa shape index (κ3) is 1.97. The molecule has 4 rings (SSSR count). The van der Waals surface area contributed by atoms with E-state index in [0.29, 0.717) is 17.8 Å². The monoisotopic (exact) mass is 312 g/mol. The quantitative estimate of drug-likeness (QED) is 0.817. The highest BCUT2D eigenvalue weighted by Gasteiger charge is 2.60. The van der Waals surface area contributed by atoms with Crippen LogP contribution in [0.25, 0.3) is 0 Å². The molecule has 3 aliphatic rings. The topological polar surface area (TPSA) is 29.5 Å². The number of rotatable bonds is 2. The molecule has 0 bridgehead atoms. The molecule has 0 heterocycles. The molecule has 0 amide bonds. The zero-order valence-electron chi connectivity index (χ0n) is 14.3. The first kappa shape index (κ1) is 15.3. The summed E-state index contributed by atoms with van der Waals surface area (Å²) in [6, 6.07) is 6.64. The van der Waals surface area contributed by atoms with Gasteiger partial charge >= 0.3 is 0 Å². The Balaban J connectivity index is 1.69. The predicted molar refractivity (Wildman–Crippen MR) is 92.8 cm³/mol. The fraction of sp³-hybridized carbons (Fsp3) is 0.619. The van der Waals surface area contributed by atoms with Gasteiger partial charge in [0.15, 0.2) is 0 Å². The molecule has 1 N–H and O–H groups in total. The number of methoxy groups -OCH3 is 1. The minimum Gasteiger partial charge on any atom is -0.497 e. The number of aryl methyl sites for hydroxylation is 1. The molecule has 2 saturated carbocycles. The van der Waals surface area contributed by atoms with Crippen LogP contribution in [-0.2, 0) is 6.42 Å². The van der Waals surface area contributed by atoms with E-state index in [2.05, 4.69) is 31.7 Å². The summed E-state index contributed by atoms with van der Waals surface area (Å²) in [5, 5.41) is 11.1. The van der Waals surface area contributed by atoms with E-state index in [1.165, 1.54) is 24.0 Å². The van der Waals surface area contributed by atoms with E-state index in [1.54, 1.807) is 7.11 Å². The Labute approximate surface area is 139 Å². The number of benzene rings is 1. The molecule has 0 unspecified atom stereocenters. The average Bonchev–Trinajstić information content (AvgIpc) is 2.86. The average molecular weight is 312 g/mol. The summed E-state index contributed by atoms with van der Waals surface area (Å²) in [6.45, 7) is 6.26. The van der Waals surface area contributed by atoms with E-state index in [-0.39, 0.29) is 5.41 Å². The predicted octanol–water partition coefficient (Wildman–Crippen LogP) is 4.47. The number of ether oxygens (including phenoxy) is 1. The molecule has 0 aliphatic heterocycles. The summed E-state index contributed by atoms with van der Waals surface area (Å²) in [5.74, 6) is 2.97. The lowest BCUT2D eigenvalue weighted by molar-refractivity contribution is -0.0707. The van der Waals surface area contributed by atoms with Gasteiger partial charge < -0.3 is 9.84 Å². The summed E-state index contributed by atoms with van der Waals surface area (Å²) in [6.07, 6.45) is 8.54. The lowest BCUT2D eigenvalue weighted by atomic mass is 9.53. The van der Waals surface area contributed by atoms with Crippen LogP contribution < -0.4 is 4.74 Å². The van der Waals surface area contributed by atoms with E-state index < -0.39 is 5.60 Å². The third-order valence-corrected chi connectivity index (χ3v) is 7.49. The van der Waals surface area contributed by atoms with Gasteiger partial charge in [0.25, 0.3) is 0 Å². The van der Waals surface area contributed by atoms with Gasteiger partial charge in [-0.25, -0.2) is 0 Å². The van der Waals surface area contributed by atoms with Crippen molar-refractivity contribution in [1.29, 1.82) is 0 Å². The second-order valence-electron chi connectivity index (χ2n) is 8.10. The highest BCUT2D eigenvalue weighted by Crippen LogP contribution is 2.64. The fourth-order valence-electron chi connectivity index (χ4n) is 6.07. The normalized spacial score (nSPS) is 41.6. The Morgan fingerprint density at radius 2 is 2.09 bits per heavy atom. The van der Waals surface area contributed by atoms with Gasteiger partial charge in [0, 0.05) is 5.41 Å². The first-order chi connectivity index (χ1) is 11.0. The summed E-state index contributed by atoms with van der Waals surface area (Å²) in [5.41, 5.74) is 2.37. The molecular formula is C21H28O2. The van der Waals surface area contributed by atoms with Crippen LogP contribution in [0, 0.1) is 17.3 Å². The van der Waals surface area contributed by atoms with Crippen LogP contribution in [0.2, 0.25) is 0 Å². The lowest BCUT2D eigenvalue weighted by Gasteiger charge is -2.52. The van der Waals surface area contributed by atoms with Crippen molar-refractivity contribution in [2.45, 2.75) is 57.0 Å². The molecule has 0 spiro atoms. The zero-order chi connectivity index (χ0) is 16.2. The number of hydrogen-bond acceptors (Lipinski definition) is 2. The molecule has 124 valence electrons. The summed E-state index contributed by atoms with van der Waals surface area (Å²) in [4.78, 5) is 0. The zero-order valence-corrected chi connectivity index (χ0v) is 14.3. The van der Waals surface area contributed by atoms with Crippen molar-refractivity contribution in [2.75, 3.05) is 7.11 Å². The maximum Gasteiger partial charge on any atom is 0.119 e. The fourth-order valence-corrected chi connectivity index (χ4v) is 6.07. The molecule has 0 radical (unpaired) electrons. The maximum absolute atomic E-state index is 11.1. The molecule has 1 aromatic carbocycles. The first-order valence-electron chi connectivity index (χ1n) is 9.05. The van der Waals surface area contributed by atoms with Crippen molar-refractivity contribution >= 4 is 0 Å². The molecule has 0 saturated heterocycles. The molecule has 3 aliphatic carbocycles. The van der Waals surface area contributed by atoms with Crippen LogP contribution in [-0.4, -0.2) is 17.8 Å². The molecule has 5 atom stereocenters. The van der Waals surface area contributed by atoms with Crippen molar-refractivity contribution in [3.05, 3.63) is 42.0 Å². The van der Waals surface area contributed by atoms with Gasteiger partial charge in [-0.2, -0.15) is 0 Å². The van der Waals surface area contributed by atoms with E-state index in [4.69, 9.17) is 4.74 Å². The largest absolute Gasteiger partial charge is 0.497 e. The summed E-state index contributed by atoms with van der Waals surface area (Å²) < 4.78 is 5.40. The smallest absolute Gasteiger partial charge is 0.119 e. The van der Waals surface area contributed by atoms with Crippen molar-refractivity contribution in [3.63, 3.8) is 0 Å². The van der Waals surface area contributed by atoms with Gasteiger partial charge in [-0.05, 0) is 79.5 Å². The van der Waals surface area contributed by atoms with Crippen molar-refractivity contribution in [2.24, 2.45) is 17.3 Å². The minimum absolute atomic E-state index is 0.0138. The molecule has 1 aromatic rings. The molecule has 2 heteroatoms. The molecule has 2 fully saturated rings. The standard InChI is InChI=1S/C21H28O2/c1-4-21(22)12-10-19-18-7-5-14-13-15(23-3)6-8-16(14)17(18)9-11-20(19,21)2/h4,6,8,13,17-19,22H,1,5,7,9-12H2,2-3H3/t17-,18-,19-,20+,21+/m0/s1. The molecule has 23 heavy (non-hydrogen) atoms. The van der Waals surface area contributed by atoms with Crippen LogP contribution in [0.3, 0.4) is 0 Å². The minimum atomic E-state index is -0.664. The van der Waals surface area contributed by atoms with E-state index in [1.807, 2.05) is 6.08 Å². The van der Waals surface area contributed by atoms with Gasteiger partial charge in [0.2, 0.25) is 0 Å². The van der Waals surface area contributed by atoms with Gasteiger partial charge in [-0.15, -0.1) is 6.58 Å². The van der Waals surface area contributed by atoms with Crippen molar-refractivity contribution < 1.29 is 9.84 Å². The van der Waals surface area contributed by atoms with Gasteiger partial charge in [0.1, 0.15) is 5.75 Å². The number of aliphatic hydroxyl groups is 1.